The number of aryl methyl sites for hydroxylation is 1. The summed E-state index contributed by atoms with van der Waals surface area (Å²) in [5.41, 5.74) is 0. The highest BCUT2D eigenvalue weighted by Crippen LogP contribution is 2.20. The minimum Gasteiger partial charge on any atom is -0.449 e. The van der Waals surface area contributed by atoms with Crippen LogP contribution in [0.15, 0.2) is 21.6 Å². The molecule has 0 aliphatic carbocycles. The normalized spacial score (nSPS) is 18.0. The Morgan fingerprint density at radius 2 is 2.00 bits per heavy atom. The number of sulfonamides is 1. The zero-order valence-corrected chi connectivity index (χ0v) is 12.8. The number of rotatable bonds is 4. The molecule has 0 aromatic carbocycles. The highest BCUT2D eigenvalue weighted by Gasteiger charge is 2.34. The Balaban J connectivity index is 2.11. The summed E-state index contributed by atoms with van der Waals surface area (Å²) in [5.74, 6) is 0.750. The zero-order valence-electron chi connectivity index (χ0n) is 12.0. The van der Waals surface area contributed by atoms with Crippen molar-refractivity contribution in [1.29, 1.82) is 0 Å². The summed E-state index contributed by atoms with van der Waals surface area (Å²) in [6.45, 7) is 7.02. The van der Waals surface area contributed by atoms with Crippen LogP contribution in [-0.4, -0.2) is 49.7 Å². The number of amides is 1. The van der Waals surface area contributed by atoms with Crippen LogP contribution >= 0.6 is 0 Å². The van der Waals surface area contributed by atoms with Gasteiger partial charge in [0, 0.05) is 19.6 Å². The number of nitrogens with zero attached hydrogens (tertiary/aromatic N) is 2. The quantitative estimate of drug-likeness (QED) is 0.834. The van der Waals surface area contributed by atoms with Gasteiger partial charge in [-0.1, -0.05) is 13.8 Å². The summed E-state index contributed by atoms with van der Waals surface area (Å²) < 4.78 is 31.0. The predicted molar refractivity (Wildman–Crippen MR) is 73.6 cm³/mol. The van der Waals surface area contributed by atoms with Crippen molar-refractivity contribution in [3.05, 3.63) is 17.9 Å². The number of carbonyl (C=O) groups excluding carboxylic acids is 1. The SMILES string of the molecule is Cc1ccc(S(=O)(=O)N2CCN(CC(C)C)C(=O)C2)o1. The van der Waals surface area contributed by atoms with Crippen molar-refractivity contribution in [3.63, 3.8) is 0 Å². The molecule has 0 unspecified atom stereocenters. The molecule has 0 spiro atoms. The van der Waals surface area contributed by atoms with E-state index in [2.05, 4.69) is 0 Å². The monoisotopic (exact) mass is 300 g/mol. The summed E-state index contributed by atoms with van der Waals surface area (Å²) in [7, 11) is -3.71. The minimum absolute atomic E-state index is 0.0971. The van der Waals surface area contributed by atoms with E-state index in [9.17, 15) is 13.2 Å². The van der Waals surface area contributed by atoms with E-state index >= 15 is 0 Å². The van der Waals surface area contributed by atoms with E-state index in [1.165, 1.54) is 10.4 Å². The van der Waals surface area contributed by atoms with Gasteiger partial charge < -0.3 is 9.32 Å². The van der Waals surface area contributed by atoms with E-state index in [1.54, 1.807) is 17.9 Å². The third kappa shape index (κ3) is 3.04. The fourth-order valence-electron chi connectivity index (χ4n) is 2.20. The lowest BCUT2D eigenvalue weighted by molar-refractivity contribution is -0.134. The van der Waals surface area contributed by atoms with Gasteiger partial charge in [-0.15, -0.1) is 0 Å². The fourth-order valence-corrected chi connectivity index (χ4v) is 3.54. The molecule has 2 heterocycles. The van der Waals surface area contributed by atoms with Crippen LogP contribution in [0.5, 0.6) is 0 Å². The van der Waals surface area contributed by atoms with Gasteiger partial charge in [-0.2, -0.15) is 4.31 Å². The van der Waals surface area contributed by atoms with Crippen LogP contribution in [0.2, 0.25) is 0 Å². The molecule has 1 amide bonds. The second-order valence-electron chi connectivity index (χ2n) is 5.44. The molecule has 1 aliphatic heterocycles. The Kier molecular flexibility index (Phi) is 4.19. The average molecular weight is 300 g/mol. The van der Waals surface area contributed by atoms with Gasteiger partial charge in [0.05, 0.1) is 6.54 Å². The zero-order chi connectivity index (χ0) is 14.9. The van der Waals surface area contributed by atoms with E-state index in [4.69, 9.17) is 4.42 Å². The van der Waals surface area contributed by atoms with Crippen LogP contribution in [-0.2, 0) is 14.8 Å². The molecule has 1 saturated heterocycles. The van der Waals surface area contributed by atoms with Gasteiger partial charge in [-0.25, -0.2) is 8.42 Å². The van der Waals surface area contributed by atoms with Gasteiger partial charge in [-0.3, -0.25) is 4.79 Å². The number of carbonyl (C=O) groups is 1. The third-order valence-corrected chi connectivity index (χ3v) is 4.90. The number of piperazine rings is 1. The van der Waals surface area contributed by atoms with Crippen molar-refractivity contribution in [3.8, 4) is 0 Å². The summed E-state index contributed by atoms with van der Waals surface area (Å²) in [5, 5.41) is -0.0971. The molecule has 0 saturated carbocycles. The molecule has 7 heteroatoms. The lowest BCUT2D eigenvalue weighted by Gasteiger charge is -2.34. The molecule has 0 bridgehead atoms. The Labute approximate surface area is 119 Å². The standard InChI is InChI=1S/C13H20N2O4S/c1-10(2)8-14-6-7-15(9-12(14)16)20(17,18)13-5-4-11(3)19-13/h4-5,10H,6-9H2,1-3H3. The second-order valence-corrected chi connectivity index (χ2v) is 7.31. The number of hydrogen-bond donors (Lipinski definition) is 0. The highest BCUT2D eigenvalue weighted by atomic mass is 32.2. The molecule has 1 aromatic heterocycles. The summed E-state index contributed by atoms with van der Waals surface area (Å²) in [4.78, 5) is 13.7. The van der Waals surface area contributed by atoms with E-state index in [1.807, 2.05) is 13.8 Å². The van der Waals surface area contributed by atoms with Crippen molar-refractivity contribution < 1.29 is 17.6 Å². The fraction of sp³-hybridized carbons (Fsp3) is 0.615. The van der Waals surface area contributed by atoms with Gasteiger partial charge in [0.15, 0.2) is 0 Å². The molecule has 1 fully saturated rings. The summed E-state index contributed by atoms with van der Waals surface area (Å²) >= 11 is 0. The van der Waals surface area contributed by atoms with Crippen LogP contribution in [0, 0.1) is 12.8 Å². The van der Waals surface area contributed by atoms with Crippen molar-refractivity contribution in [2.24, 2.45) is 5.92 Å². The lowest BCUT2D eigenvalue weighted by atomic mass is 10.2. The van der Waals surface area contributed by atoms with Crippen molar-refractivity contribution in [2.75, 3.05) is 26.2 Å². The molecule has 2 rings (SSSR count). The maximum atomic E-state index is 12.3. The molecule has 112 valence electrons. The molecule has 6 nitrogen and oxygen atoms in total. The third-order valence-electron chi connectivity index (χ3n) is 3.18. The van der Waals surface area contributed by atoms with E-state index in [0.717, 1.165) is 0 Å². The molecule has 0 radical (unpaired) electrons. The molecule has 1 aliphatic rings. The van der Waals surface area contributed by atoms with Crippen LogP contribution in [0.3, 0.4) is 0 Å². The first-order chi connectivity index (χ1) is 9.30. The lowest BCUT2D eigenvalue weighted by Crippen LogP contribution is -2.52. The first-order valence-corrected chi connectivity index (χ1v) is 8.09. The maximum absolute atomic E-state index is 12.3. The van der Waals surface area contributed by atoms with Gasteiger partial charge in [-0.05, 0) is 25.0 Å². The first kappa shape index (κ1) is 15.1. The second kappa shape index (κ2) is 5.57. The van der Waals surface area contributed by atoms with Crippen LogP contribution < -0.4 is 0 Å². The van der Waals surface area contributed by atoms with Gasteiger partial charge in [0.1, 0.15) is 5.76 Å². The maximum Gasteiger partial charge on any atom is 0.276 e. The number of furan rings is 1. The van der Waals surface area contributed by atoms with Gasteiger partial charge in [0.2, 0.25) is 11.0 Å². The van der Waals surface area contributed by atoms with Gasteiger partial charge >= 0.3 is 0 Å². The van der Waals surface area contributed by atoms with E-state index in [-0.39, 0.29) is 17.5 Å². The Morgan fingerprint density at radius 3 is 2.50 bits per heavy atom. The molecule has 1 aromatic rings. The Hall–Kier alpha value is -1.34. The van der Waals surface area contributed by atoms with Crippen LogP contribution in [0.1, 0.15) is 19.6 Å². The highest BCUT2D eigenvalue weighted by molar-refractivity contribution is 7.89. The van der Waals surface area contributed by atoms with E-state index < -0.39 is 10.0 Å². The van der Waals surface area contributed by atoms with Crippen LogP contribution in [0.4, 0.5) is 0 Å². The largest absolute Gasteiger partial charge is 0.449 e. The predicted octanol–water partition coefficient (Wildman–Crippen LogP) is 1.08. The Bertz CT molecular complexity index is 591. The van der Waals surface area contributed by atoms with E-state index in [0.29, 0.717) is 31.3 Å². The molecule has 0 N–H and O–H groups in total. The number of hydrogen-bond acceptors (Lipinski definition) is 4. The van der Waals surface area contributed by atoms with Crippen LogP contribution in [0.25, 0.3) is 0 Å². The Morgan fingerprint density at radius 1 is 1.30 bits per heavy atom. The summed E-state index contributed by atoms with van der Waals surface area (Å²) in [6.07, 6.45) is 0. The smallest absolute Gasteiger partial charge is 0.276 e. The molecule has 20 heavy (non-hydrogen) atoms. The minimum atomic E-state index is -3.71. The summed E-state index contributed by atoms with van der Waals surface area (Å²) in [6, 6.07) is 3.03. The van der Waals surface area contributed by atoms with Crippen molar-refractivity contribution in [2.45, 2.75) is 25.9 Å². The topological polar surface area (TPSA) is 70.8 Å². The molecule has 0 atom stereocenters. The van der Waals surface area contributed by atoms with Gasteiger partial charge in [0.25, 0.3) is 10.0 Å². The average Bonchev–Trinajstić information content (AvgIpc) is 2.78. The molecular formula is C13H20N2O4S. The van der Waals surface area contributed by atoms with Crippen molar-refractivity contribution >= 4 is 15.9 Å². The molecular weight excluding hydrogens is 280 g/mol. The van der Waals surface area contributed by atoms with Crippen molar-refractivity contribution in [1.82, 2.24) is 9.21 Å². The first-order valence-electron chi connectivity index (χ1n) is 6.65.